The molecule has 3 rings (SSSR count). The Hall–Kier alpha value is -2.93. The molecule has 0 saturated carbocycles. The summed E-state index contributed by atoms with van der Waals surface area (Å²) in [5.41, 5.74) is 2.72. The number of amides is 1. The summed E-state index contributed by atoms with van der Waals surface area (Å²) >= 11 is 1.20. The molecule has 1 N–H and O–H groups in total. The summed E-state index contributed by atoms with van der Waals surface area (Å²) < 4.78 is 1.29. The minimum absolute atomic E-state index is 0.141. The third kappa shape index (κ3) is 4.67. The Morgan fingerprint density at radius 1 is 1.04 bits per heavy atom. The molecule has 0 bridgehead atoms. The third-order valence-corrected chi connectivity index (χ3v) is 5.08. The molecule has 0 aliphatic rings. The van der Waals surface area contributed by atoms with Gasteiger partial charge in [-0.25, -0.2) is 4.98 Å². The first-order valence-corrected chi connectivity index (χ1v) is 10.2. The van der Waals surface area contributed by atoms with E-state index in [1.54, 1.807) is 6.92 Å². The Kier molecular flexibility index (Phi) is 6.60. The van der Waals surface area contributed by atoms with Crippen LogP contribution in [-0.4, -0.2) is 32.3 Å². The summed E-state index contributed by atoms with van der Waals surface area (Å²) in [6.45, 7) is 3.82. The second-order valence-electron chi connectivity index (χ2n) is 6.09. The van der Waals surface area contributed by atoms with E-state index < -0.39 is 0 Å². The van der Waals surface area contributed by atoms with Gasteiger partial charge in [0.05, 0.1) is 5.75 Å². The molecular formula is C21H22N4O2S. The summed E-state index contributed by atoms with van der Waals surface area (Å²) in [6.07, 6.45) is 1.14. The zero-order chi connectivity index (χ0) is 19.9. The first kappa shape index (κ1) is 19.8. The maximum absolute atomic E-state index is 12.4. The summed E-state index contributed by atoms with van der Waals surface area (Å²) in [5.74, 6) is 0.309. The van der Waals surface area contributed by atoms with Crippen LogP contribution in [0, 0.1) is 0 Å². The molecule has 1 aromatic heterocycles. The van der Waals surface area contributed by atoms with Gasteiger partial charge in [0, 0.05) is 17.7 Å². The van der Waals surface area contributed by atoms with Gasteiger partial charge in [-0.15, -0.1) is 5.10 Å². The Morgan fingerprint density at radius 2 is 1.75 bits per heavy atom. The zero-order valence-electron chi connectivity index (χ0n) is 15.9. The van der Waals surface area contributed by atoms with E-state index in [1.807, 2.05) is 61.5 Å². The van der Waals surface area contributed by atoms with E-state index in [2.05, 4.69) is 15.4 Å². The zero-order valence-corrected chi connectivity index (χ0v) is 16.7. The van der Waals surface area contributed by atoms with E-state index in [1.165, 1.54) is 16.4 Å². The Labute approximate surface area is 168 Å². The number of aryl methyl sites for hydroxylation is 1. The molecule has 6 nitrogen and oxygen atoms in total. The van der Waals surface area contributed by atoms with Gasteiger partial charge in [0.2, 0.25) is 11.8 Å². The van der Waals surface area contributed by atoms with E-state index in [4.69, 9.17) is 0 Å². The Bertz CT molecular complexity index is 970. The number of benzene rings is 2. The van der Waals surface area contributed by atoms with E-state index in [0.29, 0.717) is 17.4 Å². The number of nitrogens with zero attached hydrogens (tertiary/aromatic N) is 3. The smallest absolute Gasteiger partial charge is 0.249 e. The highest BCUT2D eigenvalue weighted by atomic mass is 32.2. The van der Waals surface area contributed by atoms with Gasteiger partial charge < -0.3 is 5.32 Å². The van der Waals surface area contributed by atoms with E-state index in [0.717, 1.165) is 23.2 Å². The lowest BCUT2D eigenvalue weighted by Crippen LogP contribution is -2.17. The lowest BCUT2D eigenvalue weighted by molar-refractivity contribution is -0.113. The lowest BCUT2D eigenvalue weighted by Gasteiger charge is -2.09. The van der Waals surface area contributed by atoms with E-state index >= 15 is 0 Å². The molecule has 1 heterocycles. The SMILES string of the molecule is CCC(=O)n1nc(-c2ccccc2)nc1SCC(=O)Nc1ccccc1CC. The topological polar surface area (TPSA) is 76.9 Å². The van der Waals surface area contributed by atoms with Crippen LogP contribution < -0.4 is 5.32 Å². The van der Waals surface area contributed by atoms with Gasteiger partial charge in [-0.3, -0.25) is 9.59 Å². The fraction of sp³-hybridized carbons (Fsp3) is 0.238. The van der Waals surface area contributed by atoms with Gasteiger partial charge in [-0.2, -0.15) is 4.68 Å². The minimum atomic E-state index is -0.158. The minimum Gasteiger partial charge on any atom is -0.325 e. The first-order valence-electron chi connectivity index (χ1n) is 9.18. The molecule has 0 spiro atoms. The highest BCUT2D eigenvalue weighted by Crippen LogP contribution is 2.23. The van der Waals surface area contributed by atoms with Crippen LogP contribution in [0.3, 0.4) is 0 Å². The molecule has 144 valence electrons. The molecule has 0 unspecified atom stereocenters. The van der Waals surface area contributed by atoms with E-state index in [-0.39, 0.29) is 17.6 Å². The number of thioether (sulfide) groups is 1. The van der Waals surface area contributed by atoms with Crippen molar-refractivity contribution in [2.75, 3.05) is 11.1 Å². The van der Waals surface area contributed by atoms with Crippen molar-refractivity contribution in [2.45, 2.75) is 31.8 Å². The Morgan fingerprint density at radius 3 is 2.46 bits per heavy atom. The van der Waals surface area contributed by atoms with Crippen molar-refractivity contribution in [1.82, 2.24) is 14.8 Å². The lowest BCUT2D eigenvalue weighted by atomic mass is 10.1. The molecule has 0 atom stereocenters. The largest absolute Gasteiger partial charge is 0.325 e. The summed E-state index contributed by atoms with van der Waals surface area (Å²) in [4.78, 5) is 29.1. The number of nitrogens with one attached hydrogen (secondary N) is 1. The third-order valence-electron chi connectivity index (χ3n) is 4.15. The van der Waals surface area contributed by atoms with Gasteiger partial charge in [-0.1, -0.05) is 74.1 Å². The normalized spacial score (nSPS) is 10.6. The van der Waals surface area contributed by atoms with Crippen molar-refractivity contribution in [3.8, 4) is 11.4 Å². The van der Waals surface area contributed by atoms with Crippen molar-refractivity contribution >= 4 is 29.3 Å². The van der Waals surface area contributed by atoms with Crippen LogP contribution >= 0.6 is 11.8 Å². The quantitative estimate of drug-likeness (QED) is 0.605. The molecule has 0 aliphatic heterocycles. The Balaban J connectivity index is 1.75. The second kappa shape index (κ2) is 9.32. The van der Waals surface area contributed by atoms with Crippen LogP contribution in [0.2, 0.25) is 0 Å². The van der Waals surface area contributed by atoms with Crippen molar-refractivity contribution in [1.29, 1.82) is 0 Å². The van der Waals surface area contributed by atoms with Gasteiger partial charge >= 0.3 is 0 Å². The predicted octanol–water partition coefficient (Wildman–Crippen LogP) is 4.29. The highest BCUT2D eigenvalue weighted by Gasteiger charge is 2.18. The van der Waals surface area contributed by atoms with Gasteiger partial charge in [0.15, 0.2) is 11.0 Å². The molecule has 0 aliphatic carbocycles. The summed E-state index contributed by atoms with van der Waals surface area (Å²) in [6, 6.07) is 17.2. The molecule has 1 amide bonds. The van der Waals surface area contributed by atoms with Crippen molar-refractivity contribution in [3.63, 3.8) is 0 Å². The number of anilines is 1. The number of rotatable bonds is 7. The fourth-order valence-electron chi connectivity index (χ4n) is 2.68. The van der Waals surface area contributed by atoms with Crippen LogP contribution in [0.4, 0.5) is 5.69 Å². The number of para-hydroxylation sites is 1. The number of carbonyl (C=O) groups excluding carboxylic acids is 2. The van der Waals surface area contributed by atoms with Crippen molar-refractivity contribution in [2.24, 2.45) is 0 Å². The first-order chi connectivity index (χ1) is 13.6. The molecular weight excluding hydrogens is 372 g/mol. The molecule has 28 heavy (non-hydrogen) atoms. The molecule has 0 saturated heterocycles. The predicted molar refractivity (Wildman–Crippen MR) is 112 cm³/mol. The molecule has 0 fully saturated rings. The van der Waals surface area contributed by atoms with Crippen LogP contribution in [0.15, 0.2) is 59.8 Å². The monoisotopic (exact) mass is 394 g/mol. The summed E-state index contributed by atoms with van der Waals surface area (Å²) in [7, 11) is 0. The number of carbonyl (C=O) groups is 2. The number of hydrogen-bond acceptors (Lipinski definition) is 5. The summed E-state index contributed by atoms with van der Waals surface area (Å²) in [5, 5.41) is 7.70. The van der Waals surface area contributed by atoms with Crippen molar-refractivity contribution < 1.29 is 9.59 Å². The standard InChI is InChI=1S/C21H22N4O2S/c1-3-15-10-8-9-13-17(15)22-18(26)14-28-21-23-20(16-11-6-5-7-12-16)24-25(21)19(27)4-2/h5-13H,3-4,14H2,1-2H3,(H,22,26). The van der Waals surface area contributed by atoms with Gasteiger partial charge in [0.1, 0.15) is 0 Å². The van der Waals surface area contributed by atoms with Crippen LogP contribution in [0.25, 0.3) is 11.4 Å². The second-order valence-corrected chi connectivity index (χ2v) is 7.03. The van der Waals surface area contributed by atoms with Crippen LogP contribution in [0.1, 0.15) is 30.6 Å². The van der Waals surface area contributed by atoms with Gasteiger partial charge in [-0.05, 0) is 18.1 Å². The maximum Gasteiger partial charge on any atom is 0.249 e. The number of hydrogen-bond donors (Lipinski definition) is 1. The van der Waals surface area contributed by atoms with Crippen LogP contribution in [-0.2, 0) is 11.2 Å². The molecule has 3 aromatic rings. The maximum atomic E-state index is 12.4. The average Bonchev–Trinajstić information content (AvgIpc) is 3.17. The fourth-order valence-corrected chi connectivity index (χ4v) is 3.43. The van der Waals surface area contributed by atoms with Gasteiger partial charge in [0.25, 0.3) is 0 Å². The number of aromatic nitrogens is 3. The van der Waals surface area contributed by atoms with Crippen molar-refractivity contribution in [3.05, 3.63) is 60.2 Å². The van der Waals surface area contributed by atoms with Crippen LogP contribution in [0.5, 0.6) is 0 Å². The molecule has 0 radical (unpaired) electrons. The highest BCUT2D eigenvalue weighted by molar-refractivity contribution is 7.99. The molecule has 2 aromatic carbocycles. The van der Waals surface area contributed by atoms with E-state index in [9.17, 15) is 9.59 Å². The molecule has 7 heteroatoms. The average molecular weight is 395 g/mol.